The molecule has 3 rings (SSSR count). The Balaban J connectivity index is 2.05. The van der Waals surface area contributed by atoms with Gasteiger partial charge < -0.3 is 0 Å². The van der Waals surface area contributed by atoms with E-state index in [1.165, 1.54) is 12.3 Å². The zero-order chi connectivity index (χ0) is 15.7. The molecule has 1 aromatic carbocycles. The second-order valence-corrected chi connectivity index (χ2v) is 6.81. The van der Waals surface area contributed by atoms with Crippen LogP contribution in [0.3, 0.4) is 0 Å². The molecule has 0 aliphatic rings. The normalized spacial score (nSPS) is 11.5. The molecule has 0 saturated heterocycles. The van der Waals surface area contributed by atoms with Gasteiger partial charge in [0.1, 0.15) is 4.90 Å². The molecular weight excluding hydrogens is 322 g/mol. The third-order valence-corrected chi connectivity index (χ3v) is 4.90. The maximum absolute atomic E-state index is 12.5. The Bertz CT molecular complexity index is 953. The Morgan fingerprint density at radius 1 is 1.14 bits per heavy atom. The number of aryl methyl sites for hydroxylation is 1. The molecule has 0 fully saturated rings. The van der Waals surface area contributed by atoms with E-state index in [1.807, 2.05) is 12.1 Å². The predicted molar refractivity (Wildman–Crippen MR) is 86.5 cm³/mol. The van der Waals surface area contributed by atoms with Crippen LogP contribution in [-0.2, 0) is 10.0 Å². The summed E-state index contributed by atoms with van der Waals surface area (Å²) in [6.07, 6.45) is 2.90. The molecule has 0 saturated carbocycles. The minimum absolute atomic E-state index is 0.0102. The van der Waals surface area contributed by atoms with Crippen LogP contribution in [-0.4, -0.2) is 18.4 Å². The van der Waals surface area contributed by atoms with E-state index in [-0.39, 0.29) is 4.90 Å². The van der Waals surface area contributed by atoms with Gasteiger partial charge in [-0.05, 0) is 25.1 Å². The number of hydrogen-bond acceptors (Lipinski definition) is 4. The van der Waals surface area contributed by atoms with Crippen molar-refractivity contribution in [2.75, 3.05) is 4.72 Å². The van der Waals surface area contributed by atoms with Crippen molar-refractivity contribution in [3.05, 3.63) is 59.5 Å². The zero-order valence-corrected chi connectivity index (χ0v) is 13.2. The van der Waals surface area contributed by atoms with Crippen LogP contribution in [0.5, 0.6) is 0 Å². The Kier molecular flexibility index (Phi) is 3.72. The van der Waals surface area contributed by atoms with Gasteiger partial charge in [0.05, 0.1) is 21.9 Å². The van der Waals surface area contributed by atoms with E-state index in [4.69, 9.17) is 11.6 Å². The number of nitrogens with one attached hydrogen (secondary N) is 1. The van der Waals surface area contributed by atoms with Gasteiger partial charge in [0, 0.05) is 17.8 Å². The summed E-state index contributed by atoms with van der Waals surface area (Å²) in [4.78, 5) is 8.21. The summed E-state index contributed by atoms with van der Waals surface area (Å²) < 4.78 is 27.5. The predicted octanol–water partition coefficient (Wildman–Crippen LogP) is 3.39. The van der Waals surface area contributed by atoms with Crippen molar-refractivity contribution >= 4 is 38.2 Å². The lowest BCUT2D eigenvalue weighted by Gasteiger charge is -2.10. The molecule has 0 spiro atoms. The number of anilines is 1. The highest BCUT2D eigenvalue weighted by molar-refractivity contribution is 7.92. The molecule has 112 valence electrons. The lowest BCUT2D eigenvalue weighted by Crippen LogP contribution is -2.14. The molecule has 0 bridgehead atoms. The number of fused-ring (bicyclic) bond motifs is 1. The van der Waals surface area contributed by atoms with Gasteiger partial charge in [-0.1, -0.05) is 29.8 Å². The standard InChI is InChI=1S/C15H12ClN3O2S/c1-10-13(16)8-12(9-18-10)22(20,21)19-14-6-2-4-11-5-3-7-17-15(11)14/h2-9,19H,1H3. The van der Waals surface area contributed by atoms with Crippen molar-refractivity contribution in [3.63, 3.8) is 0 Å². The Morgan fingerprint density at radius 2 is 1.91 bits per heavy atom. The van der Waals surface area contributed by atoms with Crippen LogP contribution in [0.25, 0.3) is 10.9 Å². The van der Waals surface area contributed by atoms with Crippen LogP contribution in [0.4, 0.5) is 5.69 Å². The van der Waals surface area contributed by atoms with E-state index >= 15 is 0 Å². The molecule has 3 aromatic rings. The zero-order valence-electron chi connectivity index (χ0n) is 11.6. The highest BCUT2D eigenvalue weighted by Crippen LogP contribution is 2.25. The first kappa shape index (κ1) is 14.7. The number of para-hydroxylation sites is 1. The minimum atomic E-state index is -3.78. The Morgan fingerprint density at radius 3 is 2.68 bits per heavy atom. The highest BCUT2D eigenvalue weighted by Gasteiger charge is 2.17. The SMILES string of the molecule is Cc1ncc(S(=O)(=O)Nc2cccc3cccnc23)cc1Cl. The number of rotatable bonds is 3. The van der Waals surface area contributed by atoms with Crippen LogP contribution in [0.1, 0.15) is 5.69 Å². The van der Waals surface area contributed by atoms with Gasteiger partial charge in [-0.2, -0.15) is 0 Å². The second-order valence-electron chi connectivity index (χ2n) is 4.72. The second kappa shape index (κ2) is 5.55. The van der Waals surface area contributed by atoms with Crippen molar-refractivity contribution in [1.29, 1.82) is 0 Å². The highest BCUT2D eigenvalue weighted by atomic mass is 35.5. The third-order valence-electron chi connectivity index (χ3n) is 3.19. The van der Waals surface area contributed by atoms with Gasteiger partial charge >= 0.3 is 0 Å². The minimum Gasteiger partial charge on any atom is -0.277 e. The molecule has 22 heavy (non-hydrogen) atoms. The first-order valence-electron chi connectivity index (χ1n) is 6.46. The average Bonchev–Trinajstić information content (AvgIpc) is 2.50. The van der Waals surface area contributed by atoms with Crippen molar-refractivity contribution < 1.29 is 8.42 Å². The van der Waals surface area contributed by atoms with Crippen LogP contribution < -0.4 is 4.72 Å². The lowest BCUT2D eigenvalue weighted by atomic mass is 10.2. The number of pyridine rings is 2. The quantitative estimate of drug-likeness (QED) is 0.797. The van der Waals surface area contributed by atoms with Crippen molar-refractivity contribution in [3.8, 4) is 0 Å². The van der Waals surface area contributed by atoms with E-state index in [2.05, 4.69) is 14.7 Å². The topological polar surface area (TPSA) is 72.0 Å². The van der Waals surface area contributed by atoms with Crippen LogP contribution in [0, 0.1) is 6.92 Å². The first-order valence-corrected chi connectivity index (χ1v) is 8.32. The summed E-state index contributed by atoms with van der Waals surface area (Å²) >= 11 is 5.95. The molecule has 2 aromatic heterocycles. The number of halogens is 1. The summed E-state index contributed by atoms with van der Waals surface area (Å²) in [5, 5.41) is 1.15. The first-order chi connectivity index (χ1) is 10.5. The van der Waals surface area contributed by atoms with E-state index in [9.17, 15) is 8.42 Å². The molecule has 7 heteroatoms. The average molecular weight is 334 g/mol. The fraction of sp³-hybridized carbons (Fsp3) is 0.0667. The van der Waals surface area contributed by atoms with E-state index in [1.54, 1.807) is 31.3 Å². The molecule has 5 nitrogen and oxygen atoms in total. The summed E-state index contributed by atoms with van der Waals surface area (Å²) in [5.74, 6) is 0. The molecular formula is C15H12ClN3O2S. The molecule has 0 unspecified atom stereocenters. The number of aromatic nitrogens is 2. The number of nitrogens with zero attached hydrogens (tertiary/aromatic N) is 2. The fourth-order valence-electron chi connectivity index (χ4n) is 2.03. The molecule has 0 radical (unpaired) electrons. The van der Waals surface area contributed by atoms with E-state index < -0.39 is 10.0 Å². The summed E-state index contributed by atoms with van der Waals surface area (Å²) in [6, 6.07) is 10.3. The third kappa shape index (κ3) is 2.75. The number of sulfonamides is 1. The van der Waals surface area contributed by atoms with Gasteiger partial charge in [0.15, 0.2) is 0 Å². The van der Waals surface area contributed by atoms with E-state index in [0.29, 0.717) is 21.9 Å². The van der Waals surface area contributed by atoms with Crippen molar-refractivity contribution in [2.24, 2.45) is 0 Å². The lowest BCUT2D eigenvalue weighted by molar-refractivity contribution is 0.601. The monoisotopic (exact) mass is 333 g/mol. The smallest absolute Gasteiger partial charge is 0.263 e. The summed E-state index contributed by atoms with van der Waals surface area (Å²) in [6.45, 7) is 1.71. The van der Waals surface area contributed by atoms with Crippen LogP contribution >= 0.6 is 11.6 Å². The fourth-order valence-corrected chi connectivity index (χ4v) is 3.29. The van der Waals surface area contributed by atoms with Crippen molar-refractivity contribution in [1.82, 2.24) is 9.97 Å². The summed E-state index contributed by atoms with van der Waals surface area (Å²) in [7, 11) is -3.78. The molecule has 0 aliphatic heterocycles. The summed E-state index contributed by atoms with van der Waals surface area (Å²) in [5.41, 5.74) is 1.57. The Labute approximate surface area is 133 Å². The van der Waals surface area contributed by atoms with Gasteiger partial charge in [0.2, 0.25) is 0 Å². The molecule has 0 aliphatic carbocycles. The molecule has 0 atom stereocenters. The van der Waals surface area contributed by atoms with Crippen LogP contribution in [0.15, 0.2) is 53.7 Å². The molecule has 2 heterocycles. The van der Waals surface area contributed by atoms with Crippen LogP contribution in [0.2, 0.25) is 5.02 Å². The largest absolute Gasteiger partial charge is 0.277 e. The molecule has 0 amide bonds. The van der Waals surface area contributed by atoms with E-state index in [0.717, 1.165) is 5.39 Å². The Hall–Kier alpha value is -2.18. The van der Waals surface area contributed by atoms with Gasteiger partial charge in [0.25, 0.3) is 10.0 Å². The molecule has 1 N–H and O–H groups in total. The number of benzene rings is 1. The maximum atomic E-state index is 12.5. The van der Waals surface area contributed by atoms with Gasteiger partial charge in [-0.25, -0.2) is 8.42 Å². The van der Waals surface area contributed by atoms with Crippen molar-refractivity contribution in [2.45, 2.75) is 11.8 Å². The van der Waals surface area contributed by atoms with Gasteiger partial charge in [-0.3, -0.25) is 14.7 Å². The maximum Gasteiger partial charge on any atom is 0.263 e. The number of hydrogen-bond donors (Lipinski definition) is 1. The van der Waals surface area contributed by atoms with Gasteiger partial charge in [-0.15, -0.1) is 0 Å².